The van der Waals surface area contributed by atoms with Crippen LogP contribution in [0, 0.1) is 0 Å². The second-order valence-corrected chi connectivity index (χ2v) is 4.47. The fourth-order valence-corrected chi connectivity index (χ4v) is 1.86. The minimum Gasteiger partial charge on any atom is -0.385 e. The van der Waals surface area contributed by atoms with E-state index in [1.54, 1.807) is 0 Å². The summed E-state index contributed by atoms with van der Waals surface area (Å²) in [5.74, 6) is 0. The number of aliphatic hydroxyl groups is 1. The first-order chi connectivity index (χ1) is 7.24. The number of unbranched alkanes of at least 4 members (excludes halogenated alkanes) is 1. The smallest absolute Gasteiger partial charge is 0.0899 e. The van der Waals surface area contributed by atoms with Gasteiger partial charge in [-0.2, -0.15) is 0 Å². The molecule has 82 valence electrons. The fraction of sp³-hybridized carbons (Fsp3) is 0.538. The Hall–Kier alpha value is -0.860. The first kappa shape index (κ1) is 10.7. The largest absolute Gasteiger partial charge is 0.385 e. The monoisotopic (exact) mass is 205 g/mol. The van der Waals surface area contributed by atoms with E-state index in [2.05, 4.69) is 24.3 Å². The molecule has 0 amide bonds. The summed E-state index contributed by atoms with van der Waals surface area (Å²) in [4.78, 5) is 0. The molecule has 0 spiro atoms. The summed E-state index contributed by atoms with van der Waals surface area (Å²) >= 11 is 0. The van der Waals surface area contributed by atoms with Crippen LogP contribution in [0.3, 0.4) is 0 Å². The highest BCUT2D eigenvalue weighted by atomic mass is 16.3. The molecule has 0 radical (unpaired) electrons. The van der Waals surface area contributed by atoms with E-state index in [4.69, 9.17) is 5.73 Å². The van der Waals surface area contributed by atoms with E-state index in [0.29, 0.717) is 0 Å². The fourth-order valence-electron chi connectivity index (χ4n) is 1.86. The molecule has 0 bridgehead atoms. The molecular weight excluding hydrogens is 186 g/mol. The highest BCUT2D eigenvalue weighted by molar-refractivity contribution is 5.30. The molecule has 1 aromatic rings. The van der Waals surface area contributed by atoms with Crippen molar-refractivity contribution in [1.82, 2.24) is 0 Å². The van der Waals surface area contributed by atoms with Crippen LogP contribution in [-0.4, -0.2) is 11.7 Å². The van der Waals surface area contributed by atoms with Gasteiger partial charge in [0, 0.05) is 0 Å². The first-order valence-corrected chi connectivity index (χ1v) is 5.76. The Bertz CT molecular complexity index is 314. The van der Waals surface area contributed by atoms with Crippen molar-refractivity contribution >= 4 is 0 Å². The van der Waals surface area contributed by atoms with Gasteiger partial charge in [0.25, 0.3) is 0 Å². The Morgan fingerprint density at radius 3 is 2.33 bits per heavy atom. The van der Waals surface area contributed by atoms with Gasteiger partial charge in [-0.1, -0.05) is 24.3 Å². The third kappa shape index (κ3) is 2.58. The second kappa shape index (κ2) is 4.33. The number of nitrogens with two attached hydrogens (primary N) is 1. The van der Waals surface area contributed by atoms with Crippen LogP contribution < -0.4 is 5.73 Å². The summed E-state index contributed by atoms with van der Waals surface area (Å²) in [7, 11) is 0. The number of hydrogen-bond acceptors (Lipinski definition) is 2. The summed E-state index contributed by atoms with van der Waals surface area (Å²) in [6, 6.07) is 8.37. The third-order valence-corrected chi connectivity index (χ3v) is 3.13. The summed E-state index contributed by atoms with van der Waals surface area (Å²) in [6.07, 6.45) is 5.17. The molecule has 0 aliphatic heterocycles. The Labute approximate surface area is 91.1 Å². The van der Waals surface area contributed by atoms with Crippen LogP contribution >= 0.6 is 0 Å². The molecule has 0 heterocycles. The van der Waals surface area contributed by atoms with E-state index < -0.39 is 5.60 Å². The Morgan fingerprint density at radius 2 is 1.80 bits per heavy atom. The quantitative estimate of drug-likeness (QED) is 0.722. The van der Waals surface area contributed by atoms with Gasteiger partial charge < -0.3 is 10.8 Å². The molecule has 2 heteroatoms. The van der Waals surface area contributed by atoms with Crippen molar-refractivity contribution < 1.29 is 5.11 Å². The van der Waals surface area contributed by atoms with Gasteiger partial charge in [0.1, 0.15) is 0 Å². The maximum absolute atomic E-state index is 9.89. The van der Waals surface area contributed by atoms with E-state index in [1.165, 1.54) is 5.56 Å². The molecule has 1 aromatic carbocycles. The van der Waals surface area contributed by atoms with E-state index in [1.807, 2.05) is 0 Å². The van der Waals surface area contributed by atoms with Crippen LogP contribution in [0.4, 0.5) is 0 Å². The van der Waals surface area contributed by atoms with E-state index in [0.717, 1.165) is 44.2 Å². The second-order valence-electron chi connectivity index (χ2n) is 4.47. The normalized spacial score (nSPS) is 17.7. The summed E-state index contributed by atoms with van der Waals surface area (Å²) in [6.45, 7) is 0.776. The zero-order valence-electron chi connectivity index (χ0n) is 9.08. The van der Waals surface area contributed by atoms with Gasteiger partial charge >= 0.3 is 0 Å². The van der Waals surface area contributed by atoms with E-state index >= 15 is 0 Å². The van der Waals surface area contributed by atoms with Crippen molar-refractivity contribution in [2.45, 2.75) is 37.7 Å². The summed E-state index contributed by atoms with van der Waals surface area (Å²) in [5, 5.41) is 9.89. The minimum absolute atomic E-state index is 0.490. The standard InChI is InChI=1S/C13H19NO/c14-10-2-1-3-11-4-6-12(7-5-11)13(15)8-9-13/h4-7,15H,1-3,8-10,14H2. The topological polar surface area (TPSA) is 46.2 Å². The van der Waals surface area contributed by atoms with Gasteiger partial charge in [-0.3, -0.25) is 0 Å². The average Bonchev–Trinajstić information content (AvgIpc) is 2.99. The molecule has 0 atom stereocenters. The van der Waals surface area contributed by atoms with E-state index in [9.17, 15) is 5.11 Å². The Kier molecular flexibility index (Phi) is 3.08. The van der Waals surface area contributed by atoms with Crippen molar-refractivity contribution in [3.63, 3.8) is 0 Å². The highest BCUT2D eigenvalue weighted by Crippen LogP contribution is 2.45. The van der Waals surface area contributed by atoms with Gasteiger partial charge in [-0.05, 0) is 49.8 Å². The van der Waals surface area contributed by atoms with Crippen molar-refractivity contribution in [3.05, 3.63) is 35.4 Å². The van der Waals surface area contributed by atoms with Crippen LogP contribution in [0.25, 0.3) is 0 Å². The Morgan fingerprint density at radius 1 is 1.13 bits per heavy atom. The molecule has 15 heavy (non-hydrogen) atoms. The van der Waals surface area contributed by atoms with E-state index in [-0.39, 0.29) is 0 Å². The molecule has 1 saturated carbocycles. The van der Waals surface area contributed by atoms with Crippen LogP contribution in [0.1, 0.15) is 36.8 Å². The first-order valence-electron chi connectivity index (χ1n) is 5.76. The van der Waals surface area contributed by atoms with Crippen molar-refractivity contribution in [2.75, 3.05) is 6.54 Å². The molecule has 1 aliphatic carbocycles. The minimum atomic E-state index is -0.490. The predicted octanol–water partition coefficient (Wildman–Crippen LogP) is 1.95. The predicted molar refractivity (Wildman–Crippen MR) is 61.6 cm³/mol. The lowest BCUT2D eigenvalue weighted by molar-refractivity contribution is 0.151. The van der Waals surface area contributed by atoms with Crippen LogP contribution in [0.15, 0.2) is 24.3 Å². The summed E-state index contributed by atoms with van der Waals surface area (Å²) in [5.41, 5.74) is 7.38. The average molecular weight is 205 g/mol. The number of rotatable bonds is 5. The summed E-state index contributed by atoms with van der Waals surface area (Å²) < 4.78 is 0. The lowest BCUT2D eigenvalue weighted by Crippen LogP contribution is -2.04. The Balaban J connectivity index is 1.92. The molecule has 2 rings (SSSR count). The van der Waals surface area contributed by atoms with Crippen LogP contribution in [0.2, 0.25) is 0 Å². The number of hydrogen-bond donors (Lipinski definition) is 2. The van der Waals surface area contributed by atoms with Gasteiger partial charge in [-0.15, -0.1) is 0 Å². The zero-order valence-corrected chi connectivity index (χ0v) is 9.08. The molecule has 1 aliphatic rings. The van der Waals surface area contributed by atoms with Gasteiger partial charge in [-0.25, -0.2) is 0 Å². The lowest BCUT2D eigenvalue weighted by atomic mass is 10.0. The van der Waals surface area contributed by atoms with Crippen molar-refractivity contribution in [3.8, 4) is 0 Å². The van der Waals surface area contributed by atoms with Crippen molar-refractivity contribution in [1.29, 1.82) is 0 Å². The SMILES string of the molecule is NCCCCc1ccc(C2(O)CC2)cc1. The zero-order chi connectivity index (χ0) is 10.7. The number of aryl methyl sites for hydroxylation is 1. The molecule has 1 fully saturated rings. The maximum Gasteiger partial charge on any atom is 0.0899 e. The molecule has 0 saturated heterocycles. The van der Waals surface area contributed by atoms with Crippen LogP contribution in [-0.2, 0) is 12.0 Å². The molecule has 0 aromatic heterocycles. The molecule has 3 N–H and O–H groups in total. The highest BCUT2D eigenvalue weighted by Gasteiger charge is 2.41. The number of benzene rings is 1. The van der Waals surface area contributed by atoms with Gasteiger partial charge in [0.15, 0.2) is 0 Å². The molecule has 0 unspecified atom stereocenters. The van der Waals surface area contributed by atoms with Gasteiger partial charge in [0.05, 0.1) is 5.60 Å². The lowest BCUT2D eigenvalue weighted by Gasteiger charge is -2.08. The molecule has 2 nitrogen and oxygen atoms in total. The van der Waals surface area contributed by atoms with Crippen molar-refractivity contribution in [2.24, 2.45) is 5.73 Å². The maximum atomic E-state index is 9.89. The van der Waals surface area contributed by atoms with Crippen LogP contribution in [0.5, 0.6) is 0 Å². The third-order valence-electron chi connectivity index (χ3n) is 3.13. The molecular formula is C13H19NO. The van der Waals surface area contributed by atoms with Gasteiger partial charge in [0.2, 0.25) is 0 Å².